The van der Waals surface area contributed by atoms with Gasteiger partial charge in [0.05, 0.1) is 31.8 Å². The Hall–Kier alpha value is -1.14. The molecule has 0 aromatic rings. The molecule has 108 valence electrons. The van der Waals surface area contributed by atoms with E-state index in [1.165, 1.54) is 0 Å². The Morgan fingerprint density at radius 3 is 2.63 bits per heavy atom. The third kappa shape index (κ3) is 3.06. The van der Waals surface area contributed by atoms with Crippen LogP contribution in [0.2, 0.25) is 0 Å². The molecule has 6 nitrogen and oxygen atoms in total. The monoisotopic (exact) mass is 271 g/mol. The predicted octanol–water partition coefficient (Wildman–Crippen LogP) is 0.361. The van der Waals surface area contributed by atoms with Crippen molar-refractivity contribution in [2.45, 2.75) is 25.8 Å². The van der Waals surface area contributed by atoms with Gasteiger partial charge in [-0.25, -0.2) is 0 Å². The third-order valence-corrected chi connectivity index (χ3v) is 3.90. The minimum atomic E-state index is -0.895. The molecule has 0 aliphatic carbocycles. The molecule has 2 rings (SSSR count). The molecule has 1 N–H and O–H groups in total. The molecule has 6 heteroatoms. The summed E-state index contributed by atoms with van der Waals surface area (Å²) in [4.78, 5) is 25.3. The molecule has 2 saturated heterocycles. The highest BCUT2D eigenvalue weighted by Gasteiger charge is 2.41. The number of carbonyl (C=O) groups excluding carboxylic acids is 1. The summed E-state index contributed by atoms with van der Waals surface area (Å²) in [6.07, 6.45) is 1.71. The number of carboxylic acids is 1. The zero-order valence-corrected chi connectivity index (χ0v) is 11.2. The van der Waals surface area contributed by atoms with Crippen LogP contribution in [0.25, 0.3) is 0 Å². The van der Waals surface area contributed by atoms with Crippen molar-refractivity contribution >= 4 is 11.9 Å². The summed E-state index contributed by atoms with van der Waals surface area (Å²) in [5.41, 5.74) is 0. The lowest BCUT2D eigenvalue weighted by Crippen LogP contribution is -2.49. The molecule has 2 aliphatic heterocycles. The second-order valence-corrected chi connectivity index (χ2v) is 5.09. The molecule has 2 fully saturated rings. The summed E-state index contributed by atoms with van der Waals surface area (Å²) in [6.45, 7) is 4.03. The molecular formula is C13H21NO5. The average molecular weight is 271 g/mol. The quantitative estimate of drug-likeness (QED) is 0.799. The van der Waals surface area contributed by atoms with Crippen LogP contribution in [0.3, 0.4) is 0 Å². The van der Waals surface area contributed by atoms with Crippen LogP contribution in [0.1, 0.15) is 19.8 Å². The molecule has 0 radical (unpaired) electrons. The number of amides is 1. The Labute approximate surface area is 112 Å². The molecule has 19 heavy (non-hydrogen) atoms. The van der Waals surface area contributed by atoms with E-state index in [0.717, 1.165) is 12.8 Å². The zero-order chi connectivity index (χ0) is 13.8. The van der Waals surface area contributed by atoms with Gasteiger partial charge in [-0.3, -0.25) is 9.59 Å². The van der Waals surface area contributed by atoms with Gasteiger partial charge >= 0.3 is 5.97 Å². The lowest BCUT2D eigenvalue weighted by molar-refractivity contribution is -0.147. The minimum absolute atomic E-state index is 0.00366. The maximum absolute atomic E-state index is 12.5. The summed E-state index contributed by atoms with van der Waals surface area (Å²) < 4.78 is 10.6. The van der Waals surface area contributed by atoms with Crippen molar-refractivity contribution in [1.29, 1.82) is 0 Å². The fraction of sp³-hybridized carbons (Fsp3) is 0.846. The largest absolute Gasteiger partial charge is 0.481 e. The number of hydrogen-bond acceptors (Lipinski definition) is 4. The van der Waals surface area contributed by atoms with Gasteiger partial charge in [-0.2, -0.15) is 0 Å². The molecule has 2 aliphatic rings. The van der Waals surface area contributed by atoms with Gasteiger partial charge in [0.1, 0.15) is 5.92 Å². The lowest BCUT2D eigenvalue weighted by Gasteiger charge is -2.33. The van der Waals surface area contributed by atoms with E-state index in [4.69, 9.17) is 9.47 Å². The standard InChI is InChI=1S/C13H21NO5/c1-2-14(11-8-19-7-10(11)13(16)17)12(15)9-4-3-5-18-6-9/h9-11H,2-8H2,1H3,(H,16,17). The summed E-state index contributed by atoms with van der Waals surface area (Å²) in [5, 5.41) is 9.18. The molecule has 1 amide bonds. The smallest absolute Gasteiger partial charge is 0.311 e. The number of nitrogens with zero attached hydrogens (tertiary/aromatic N) is 1. The Kier molecular flexibility index (Phi) is 4.76. The molecule has 0 bridgehead atoms. The van der Waals surface area contributed by atoms with Gasteiger partial charge in [0.2, 0.25) is 5.91 Å². The van der Waals surface area contributed by atoms with E-state index in [0.29, 0.717) is 26.4 Å². The lowest BCUT2D eigenvalue weighted by atomic mass is 9.97. The van der Waals surface area contributed by atoms with Crippen molar-refractivity contribution < 1.29 is 24.2 Å². The van der Waals surface area contributed by atoms with E-state index < -0.39 is 11.9 Å². The fourth-order valence-corrected chi connectivity index (χ4v) is 2.81. The van der Waals surface area contributed by atoms with Crippen LogP contribution in [0.15, 0.2) is 0 Å². The van der Waals surface area contributed by atoms with Crippen LogP contribution in [0.4, 0.5) is 0 Å². The van der Waals surface area contributed by atoms with Crippen LogP contribution < -0.4 is 0 Å². The van der Waals surface area contributed by atoms with Crippen LogP contribution in [-0.4, -0.2) is 60.9 Å². The second kappa shape index (κ2) is 6.34. The second-order valence-electron chi connectivity index (χ2n) is 5.09. The maximum Gasteiger partial charge on any atom is 0.311 e. The predicted molar refractivity (Wildman–Crippen MR) is 66.7 cm³/mol. The molecule has 0 aromatic heterocycles. The number of likely N-dealkylation sites (N-methyl/N-ethyl adjacent to an activating group) is 1. The van der Waals surface area contributed by atoms with Gasteiger partial charge in [-0.15, -0.1) is 0 Å². The van der Waals surface area contributed by atoms with Gasteiger partial charge in [-0.05, 0) is 19.8 Å². The SMILES string of the molecule is CCN(C(=O)C1CCCOC1)C1COCC1C(=O)O. The van der Waals surface area contributed by atoms with Crippen LogP contribution in [0, 0.1) is 11.8 Å². The van der Waals surface area contributed by atoms with Gasteiger partial charge in [0.15, 0.2) is 0 Å². The van der Waals surface area contributed by atoms with Gasteiger partial charge in [0.25, 0.3) is 0 Å². The van der Waals surface area contributed by atoms with Crippen molar-refractivity contribution in [3.05, 3.63) is 0 Å². The van der Waals surface area contributed by atoms with Crippen molar-refractivity contribution in [1.82, 2.24) is 4.90 Å². The molecule has 0 aromatic carbocycles. The van der Waals surface area contributed by atoms with Gasteiger partial charge < -0.3 is 19.5 Å². The van der Waals surface area contributed by atoms with Crippen LogP contribution in [-0.2, 0) is 19.1 Å². The third-order valence-electron chi connectivity index (χ3n) is 3.90. The van der Waals surface area contributed by atoms with E-state index in [9.17, 15) is 14.7 Å². The summed E-state index contributed by atoms with van der Waals surface area (Å²) >= 11 is 0. The van der Waals surface area contributed by atoms with E-state index in [2.05, 4.69) is 0 Å². The molecule has 3 atom stereocenters. The number of rotatable bonds is 4. The number of ether oxygens (including phenoxy) is 2. The molecule has 0 saturated carbocycles. The first-order chi connectivity index (χ1) is 9.15. The molecular weight excluding hydrogens is 250 g/mol. The molecule has 2 heterocycles. The number of carboxylic acid groups (broad SMARTS) is 1. The Morgan fingerprint density at radius 1 is 1.26 bits per heavy atom. The highest BCUT2D eigenvalue weighted by atomic mass is 16.5. The highest BCUT2D eigenvalue weighted by molar-refractivity contribution is 5.81. The van der Waals surface area contributed by atoms with Crippen LogP contribution >= 0.6 is 0 Å². The molecule has 3 unspecified atom stereocenters. The number of hydrogen-bond donors (Lipinski definition) is 1. The minimum Gasteiger partial charge on any atom is -0.481 e. The van der Waals surface area contributed by atoms with E-state index in [1.54, 1.807) is 4.90 Å². The Bertz CT molecular complexity index is 340. The Balaban J connectivity index is 2.05. The zero-order valence-electron chi connectivity index (χ0n) is 11.2. The van der Waals surface area contributed by atoms with Crippen LogP contribution in [0.5, 0.6) is 0 Å². The fourth-order valence-electron chi connectivity index (χ4n) is 2.81. The highest BCUT2D eigenvalue weighted by Crippen LogP contribution is 2.24. The first kappa shape index (κ1) is 14.3. The van der Waals surface area contributed by atoms with E-state index in [1.807, 2.05) is 6.92 Å². The number of carbonyl (C=O) groups is 2. The molecule has 0 spiro atoms. The first-order valence-corrected chi connectivity index (χ1v) is 6.84. The van der Waals surface area contributed by atoms with Crippen molar-refractivity contribution in [2.24, 2.45) is 11.8 Å². The normalized spacial score (nSPS) is 31.1. The van der Waals surface area contributed by atoms with Crippen molar-refractivity contribution in [3.8, 4) is 0 Å². The first-order valence-electron chi connectivity index (χ1n) is 6.84. The number of aliphatic carboxylic acids is 1. The summed E-state index contributed by atoms with van der Waals surface area (Å²) in [5.74, 6) is -1.64. The van der Waals surface area contributed by atoms with Crippen molar-refractivity contribution in [3.63, 3.8) is 0 Å². The summed E-state index contributed by atoms with van der Waals surface area (Å²) in [7, 11) is 0. The van der Waals surface area contributed by atoms with Crippen molar-refractivity contribution in [2.75, 3.05) is 33.0 Å². The van der Waals surface area contributed by atoms with E-state index >= 15 is 0 Å². The van der Waals surface area contributed by atoms with E-state index in [-0.39, 0.29) is 24.5 Å². The van der Waals surface area contributed by atoms with Gasteiger partial charge in [0, 0.05) is 13.2 Å². The Morgan fingerprint density at radius 2 is 2.05 bits per heavy atom. The average Bonchev–Trinajstić information content (AvgIpc) is 2.90. The van der Waals surface area contributed by atoms with Gasteiger partial charge in [-0.1, -0.05) is 0 Å². The summed E-state index contributed by atoms with van der Waals surface area (Å²) in [6, 6.07) is -0.350. The topological polar surface area (TPSA) is 76.1 Å². The maximum atomic E-state index is 12.5.